The van der Waals surface area contributed by atoms with Crippen molar-refractivity contribution in [1.29, 1.82) is 0 Å². The maximum Gasteiger partial charge on any atom is 0.0849 e. The van der Waals surface area contributed by atoms with Crippen molar-refractivity contribution in [2.45, 2.75) is 66.3 Å². The molecule has 0 spiro atoms. The summed E-state index contributed by atoms with van der Waals surface area (Å²) in [6.45, 7) is 15.1. The van der Waals surface area contributed by atoms with Gasteiger partial charge in [-0.05, 0) is 61.4 Å². The van der Waals surface area contributed by atoms with E-state index in [9.17, 15) is 0 Å². The highest BCUT2D eigenvalue weighted by molar-refractivity contribution is 6.01. The Labute approximate surface area is 193 Å². The zero-order chi connectivity index (χ0) is 23.3. The minimum atomic E-state index is 0.0861. The predicted molar refractivity (Wildman–Crippen MR) is 138 cm³/mol. The molecule has 3 rings (SSSR count). The molecule has 0 amide bonds. The number of hydrogen-bond acceptors (Lipinski definition) is 3. The van der Waals surface area contributed by atoms with E-state index < -0.39 is 0 Å². The SMILES string of the molecule is CC(=Nc1c(C(C)C)cccc1C(C)C)c1cccc(C(C)=N[C@H](C)c2ccccc2)n1. The van der Waals surface area contributed by atoms with Crippen molar-refractivity contribution in [2.75, 3.05) is 0 Å². The normalized spacial score (nSPS) is 13.7. The highest BCUT2D eigenvalue weighted by atomic mass is 14.8. The van der Waals surface area contributed by atoms with E-state index >= 15 is 0 Å². The first-order valence-electron chi connectivity index (χ1n) is 11.5. The van der Waals surface area contributed by atoms with Crippen LogP contribution in [-0.4, -0.2) is 16.4 Å². The minimum Gasteiger partial charge on any atom is -0.280 e. The Morgan fingerprint density at radius 3 is 1.75 bits per heavy atom. The number of aromatic nitrogens is 1. The van der Waals surface area contributed by atoms with Gasteiger partial charge in [0.1, 0.15) is 0 Å². The van der Waals surface area contributed by atoms with Crippen LogP contribution in [0.25, 0.3) is 0 Å². The van der Waals surface area contributed by atoms with Crippen LogP contribution in [0.5, 0.6) is 0 Å². The molecule has 1 aromatic heterocycles. The summed E-state index contributed by atoms with van der Waals surface area (Å²) in [7, 11) is 0. The Hall–Kier alpha value is -3.07. The van der Waals surface area contributed by atoms with Gasteiger partial charge in [0.05, 0.1) is 34.5 Å². The molecular formula is C29H35N3. The highest BCUT2D eigenvalue weighted by Gasteiger charge is 2.14. The molecule has 0 unspecified atom stereocenters. The van der Waals surface area contributed by atoms with Gasteiger partial charge in [0.15, 0.2) is 0 Å². The van der Waals surface area contributed by atoms with Gasteiger partial charge in [0.2, 0.25) is 0 Å². The third-order valence-electron chi connectivity index (χ3n) is 5.78. The maximum absolute atomic E-state index is 5.09. The van der Waals surface area contributed by atoms with E-state index in [1.807, 2.05) is 38.1 Å². The van der Waals surface area contributed by atoms with Gasteiger partial charge in [-0.1, -0.05) is 82.3 Å². The van der Waals surface area contributed by atoms with Gasteiger partial charge in [-0.3, -0.25) is 9.98 Å². The van der Waals surface area contributed by atoms with E-state index in [0.29, 0.717) is 11.8 Å². The van der Waals surface area contributed by atoms with Crippen LogP contribution in [0.3, 0.4) is 0 Å². The quantitative estimate of drug-likeness (QED) is 0.353. The first-order valence-corrected chi connectivity index (χ1v) is 11.5. The van der Waals surface area contributed by atoms with Gasteiger partial charge in [-0.25, -0.2) is 4.98 Å². The smallest absolute Gasteiger partial charge is 0.0849 e. The second-order valence-electron chi connectivity index (χ2n) is 9.00. The lowest BCUT2D eigenvalue weighted by Gasteiger charge is -2.17. The third kappa shape index (κ3) is 5.59. The fourth-order valence-corrected chi connectivity index (χ4v) is 3.87. The first kappa shape index (κ1) is 23.6. The second-order valence-corrected chi connectivity index (χ2v) is 9.00. The summed E-state index contributed by atoms with van der Waals surface area (Å²) >= 11 is 0. The summed E-state index contributed by atoms with van der Waals surface area (Å²) in [6.07, 6.45) is 0. The van der Waals surface area contributed by atoms with Gasteiger partial charge in [0.25, 0.3) is 0 Å². The van der Waals surface area contributed by atoms with Crippen molar-refractivity contribution < 1.29 is 0 Å². The molecule has 0 bridgehead atoms. The number of pyridine rings is 1. The monoisotopic (exact) mass is 425 g/mol. The molecule has 0 saturated heterocycles. The Bertz CT molecular complexity index is 1080. The number of hydrogen-bond donors (Lipinski definition) is 0. The first-order chi connectivity index (χ1) is 15.3. The van der Waals surface area contributed by atoms with Gasteiger partial charge in [-0.15, -0.1) is 0 Å². The molecule has 3 aromatic rings. The molecule has 0 radical (unpaired) electrons. The molecule has 166 valence electrons. The molecule has 0 aliphatic carbocycles. The Morgan fingerprint density at radius 2 is 1.19 bits per heavy atom. The predicted octanol–water partition coefficient (Wildman–Crippen LogP) is 8.04. The van der Waals surface area contributed by atoms with Gasteiger partial charge < -0.3 is 0 Å². The zero-order valence-electron chi connectivity index (χ0n) is 20.4. The summed E-state index contributed by atoms with van der Waals surface area (Å²) in [5.41, 5.74) is 8.48. The van der Waals surface area contributed by atoms with Crippen LogP contribution in [-0.2, 0) is 0 Å². The number of para-hydroxylation sites is 1. The van der Waals surface area contributed by atoms with Crippen LogP contribution >= 0.6 is 0 Å². The molecule has 0 N–H and O–H groups in total. The van der Waals surface area contributed by atoms with Crippen LogP contribution in [0.1, 0.15) is 94.4 Å². The molecule has 3 heteroatoms. The van der Waals surface area contributed by atoms with E-state index in [2.05, 4.69) is 77.1 Å². The van der Waals surface area contributed by atoms with Crippen molar-refractivity contribution >= 4 is 17.1 Å². The van der Waals surface area contributed by atoms with E-state index in [0.717, 1.165) is 28.5 Å². The van der Waals surface area contributed by atoms with Gasteiger partial charge in [-0.2, -0.15) is 0 Å². The minimum absolute atomic E-state index is 0.0861. The van der Waals surface area contributed by atoms with Crippen LogP contribution in [0.4, 0.5) is 5.69 Å². The molecule has 2 aromatic carbocycles. The summed E-state index contributed by atoms with van der Waals surface area (Å²) in [5.74, 6) is 0.821. The van der Waals surface area contributed by atoms with Crippen molar-refractivity contribution in [3.8, 4) is 0 Å². The van der Waals surface area contributed by atoms with Crippen LogP contribution in [0.2, 0.25) is 0 Å². The van der Waals surface area contributed by atoms with E-state index in [4.69, 9.17) is 15.0 Å². The standard InChI is InChI=1S/C29H35N3/c1-19(2)25-15-11-16-26(20(3)4)29(25)31-23(7)28-18-12-17-27(32-28)22(6)30-21(5)24-13-9-8-10-14-24/h8-21H,1-7H3/t21-/m1/s1. The maximum atomic E-state index is 5.09. The average molecular weight is 426 g/mol. The van der Waals surface area contributed by atoms with Crippen molar-refractivity contribution in [2.24, 2.45) is 9.98 Å². The molecule has 0 fully saturated rings. The van der Waals surface area contributed by atoms with E-state index in [1.165, 1.54) is 16.7 Å². The zero-order valence-corrected chi connectivity index (χ0v) is 20.4. The average Bonchev–Trinajstić information content (AvgIpc) is 2.79. The summed E-state index contributed by atoms with van der Waals surface area (Å²) in [4.78, 5) is 14.9. The van der Waals surface area contributed by atoms with Gasteiger partial charge >= 0.3 is 0 Å². The van der Waals surface area contributed by atoms with Crippen LogP contribution in [0, 0.1) is 0 Å². The lowest BCUT2D eigenvalue weighted by atomic mass is 9.93. The number of rotatable bonds is 7. The Morgan fingerprint density at radius 1 is 0.656 bits per heavy atom. The number of nitrogens with zero attached hydrogens (tertiary/aromatic N) is 3. The second kappa shape index (κ2) is 10.5. The summed E-state index contributed by atoms with van der Waals surface area (Å²) in [6, 6.07) is 23.1. The molecule has 1 heterocycles. The molecule has 0 aliphatic rings. The molecule has 1 atom stereocenters. The van der Waals surface area contributed by atoms with Crippen molar-refractivity contribution in [3.05, 3.63) is 94.8 Å². The molecule has 3 nitrogen and oxygen atoms in total. The van der Waals surface area contributed by atoms with Crippen LogP contribution < -0.4 is 0 Å². The fourth-order valence-electron chi connectivity index (χ4n) is 3.87. The van der Waals surface area contributed by atoms with Crippen LogP contribution in [0.15, 0.2) is 76.7 Å². The summed E-state index contributed by atoms with van der Waals surface area (Å²) in [5, 5.41) is 0. The molecule has 32 heavy (non-hydrogen) atoms. The summed E-state index contributed by atoms with van der Waals surface area (Å²) < 4.78 is 0. The molecule has 0 saturated carbocycles. The van der Waals surface area contributed by atoms with Gasteiger partial charge in [0, 0.05) is 0 Å². The van der Waals surface area contributed by atoms with E-state index in [1.54, 1.807) is 0 Å². The Kier molecular flexibility index (Phi) is 7.74. The third-order valence-corrected chi connectivity index (χ3v) is 5.78. The Balaban J connectivity index is 1.97. The number of benzene rings is 2. The lowest BCUT2D eigenvalue weighted by Crippen LogP contribution is -2.07. The van der Waals surface area contributed by atoms with E-state index in [-0.39, 0.29) is 6.04 Å². The van der Waals surface area contributed by atoms with Crippen molar-refractivity contribution in [3.63, 3.8) is 0 Å². The molecular weight excluding hydrogens is 390 g/mol. The molecule has 0 aliphatic heterocycles. The lowest BCUT2D eigenvalue weighted by molar-refractivity contribution is 0.818. The number of aliphatic imine (C=N–C) groups is 2. The highest BCUT2D eigenvalue weighted by Crippen LogP contribution is 2.35. The van der Waals surface area contributed by atoms with Crippen molar-refractivity contribution in [1.82, 2.24) is 4.98 Å². The topological polar surface area (TPSA) is 37.6 Å². The largest absolute Gasteiger partial charge is 0.280 e. The fraction of sp³-hybridized carbons (Fsp3) is 0.345.